The molecule has 0 saturated carbocycles. The molecule has 1 unspecified atom stereocenters. The zero-order valence-corrected chi connectivity index (χ0v) is 51.0. The number of carbonyl (C=O) groups is 3. The van der Waals surface area contributed by atoms with E-state index < -0.39 is 6.10 Å². The molecule has 6 nitrogen and oxygen atoms in total. The van der Waals surface area contributed by atoms with Crippen molar-refractivity contribution in [2.24, 2.45) is 0 Å². The second-order valence-electron chi connectivity index (χ2n) is 22.7. The van der Waals surface area contributed by atoms with Gasteiger partial charge in [-0.3, -0.25) is 14.4 Å². The molecule has 0 aromatic rings. The van der Waals surface area contributed by atoms with Crippen LogP contribution in [0.25, 0.3) is 0 Å². The Bertz CT molecular complexity index is 1310. The Morgan fingerprint density at radius 2 is 0.513 bits per heavy atom. The van der Waals surface area contributed by atoms with Gasteiger partial charge >= 0.3 is 17.9 Å². The minimum Gasteiger partial charge on any atom is -0.462 e. The van der Waals surface area contributed by atoms with Crippen molar-refractivity contribution in [3.63, 3.8) is 0 Å². The zero-order valence-electron chi connectivity index (χ0n) is 51.0. The Kier molecular flexibility index (Phi) is 62.6. The highest BCUT2D eigenvalue weighted by Gasteiger charge is 2.19. The van der Waals surface area contributed by atoms with Crippen LogP contribution in [-0.2, 0) is 28.6 Å². The lowest BCUT2D eigenvalue weighted by Gasteiger charge is -2.18. The third-order valence-corrected chi connectivity index (χ3v) is 15.1. The second kappa shape index (κ2) is 64.9. The maximum atomic E-state index is 12.9. The molecule has 76 heavy (non-hydrogen) atoms. The van der Waals surface area contributed by atoms with Crippen molar-refractivity contribution in [3.05, 3.63) is 48.6 Å². The van der Waals surface area contributed by atoms with Crippen LogP contribution in [0.3, 0.4) is 0 Å². The standard InChI is InChI=1S/C70H128O6/c1-4-7-10-13-16-19-22-25-28-30-32-34-35-37-38-40-42-45-48-51-54-57-60-63-69(72)75-66-67(65-74-68(71)62-59-56-53-50-47-44-27-24-21-18-15-12-9-6-3)76-70(73)64-61-58-55-52-49-46-43-41-39-36-33-31-29-26-23-20-17-14-11-8-5-2/h8,11,17,20,26,29,33,36,67H,4-7,9-10,12-16,18-19,21-25,27-28,30-32,34-35,37-66H2,1-3H3/b11-8-,20-17-,29-26-,36-33-. The van der Waals surface area contributed by atoms with Crippen molar-refractivity contribution in [1.29, 1.82) is 0 Å². The Labute approximate surface area is 473 Å². The molecule has 0 rings (SSSR count). The van der Waals surface area contributed by atoms with Gasteiger partial charge in [0.1, 0.15) is 13.2 Å². The van der Waals surface area contributed by atoms with E-state index in [-0.39, 0.29) is 31.1 Å². The van der Waals surface area contributed by atoms with Crippen LogP contribution in [0.4, 0.5) is 0 Å². The Balaban J connectivity index is 4.29. The van der Waals surface area contributed by atoms with Crippen molar-refractivity contribution >= 4 is 17.9 Å². The van der Waals surface area contributed by atoms with Crippen LogP contribution in [0.2, 0.25) is 0 Å². The summed E-state index contributed by atoms with van der Waals surface area (Å²) < 4.78 is 17.0. The predicted molar refractivity (Wildman–Crippen MR) is 330 cm³/mol. The molecule has 0 N–H and O–H groups in total. The van der Waals surface area contributed by atoms with Crippen LogP contribution in [0.15, 0.2) is 48.6 Å². The highest BCUT2D eigenvalue weighted by Crippen LogP contribution is 2.18. The summed E-state index contributed by atoms with van der Waals surface area (Å²) in [5.74, 6) is -0.853. The summed E-state index contributed by atoms with van der Waals surface area (Å²) in [6.07, 6.45) is 81.2. The number of esters is 3. The summed E-state index contributed by atoms with van der Waals surface area (Å²) in [4.78, 5) is 38.4. The summed E-state index contributed by atoms with van der Waals surface area (Å²) in [6.45, 7) is 6.59. The fourth-order valence-corrected chi connectivity index (χ4v) is 10.1. The molecule has 0 aromatic carbocycles. The van der Waals surface area contributed by atoms with E-state index in [2.05, 4.69) is 69.4 Å². The highest BCUT2D eigenvalue weighted by atomic mass is 16.6. The Hall–Kier alpha value is -2.63. The van der Waals surface area contributed by atoms with Gasteiger partial charge in [-0.1, -0.05) is 333 Å². The van der Waals surface area contributed by atoms with Crippen LogP contribution in [-0.4, -0.2) is 37.2 Å². The molecule has 6 heteroatoms. The largest absolute Gasteiger partial charge is 0.462 e. The first kappa shape index (κ1) is 73.4. The first-order valence-electron chi connectivity index (χ1n) is 33.6. The molecule has 0 heterocycles. The van der Waals surface area contributed by atoms with Crippen LogP contribution in [0.5, 0.6) is 0 Å². The van der Waals surface area contributed by atoms with Crippen molar-refractivity contribution < 1.29 is 28.6 Å². The Morgan fingerprint density at radius 1 is 0.276 bits per heavy atom. The van der Waals surface area contributed by atoms with E-state index in [1.54, 1.807) is 0 Å². The molecule has 0 fully saturated rings. The van der Waals surface area contributed by atoms with E-state index in [1.165, 1.54) is 231 Å². The minimum atomic E-state index is -0.775. The van der Waals surface area contributed by atoms with Gasteiger partial charge in [-0.2, -0.15) is 0 Å². The third-order valence-electron chi connectivity index (χ3n) is 15.1. The number of ether oxygens (including phenoxy) is 3. The second-order valence-corrected chi connectivity index (χ2v) is 22.7. The van der Waals surface area contributed by atoms with E-state index in [4.69, 9.17) is 14.2 Å². The zero-order chi connectivity index (χ0) is 55.0. The monoisotopic (exact) mass is 1060 g/mol. The molecule has 0 aromatic heterocycles. The van der Waals surface area contributed by atoms with Gasteiger partial charge in [-0.05, 0) is 57.8 Å². The van der Waals surface area contributed by atoms with E-state index in [0.717, 1.165) is 89.9 Å². The lowest BCUT2D eigenvalue weighted by molar-refractivity contribution is -0.167. The molecule has 0 amide bonds. The summed E-state index contributed by atoms with van der Waals surface area (Å²) in [5.41, 5.74) is 0. The van der Waals surface area contributed by atoms with E-state index in [1.807, 2.05) is 0 Å². The van der Waals surface area contributed by atoms with Crippen molar-refractivity contribution in [1.82, 2.24) is 0 Å². The molecular formula is C70H128O6. The summed E-state index contributed by atoms with van der Waals surface area (Å²) >= 11 is 0. The van der Waals surface area contributed by atoms with Gasteiger partial charge in [-0.15, -0.1) is 0 Å². The van der Waals surface area contributed by atoms with Gasteiger partial charge in [0.2, 0.25) is 0 Å². The van der Waals surface area contributed by atoms with Gasteiger partial charge in [-0.25, -0.2) is 0 Å². The predicted octanol–water partition coefficient (Wildman–Crippen LogP) is 22.9. The van der Waals surface area contributed by atoms with E-state index >= 15 is 0 Å². The number of hydrogen-bond donors (Lipinski definition) is 0. The van der Waals surface area contributed by atoms with Crippen LogP contribution >= 0.6 is 0 Å². The lowest BCUT2D eigenvalue weighted by atomic mass is 10.0. The fraction of sp³-hybridized carbons (Fsp3) is 0.843. The summed E-state index contributed by atoms with van der Waals surface area (Å²) in [7, 11) is 0. The number of unbranched alkanes of at least 4 members (excludes halogenated alkanes) is 43. The molecule has 0 radical (unpaired) electrons. The van der Waals surface area contributed by atoms with Crippen LogP contribution < -0.4 is 0 Å². The van der Waals surface area contributed by atoms with Gasteiger partial charge in [0.15, 0.2) is 6.10 Å². The lowest BCUT2D eigenvalue weighted by Crippen LogP contribution is -2.30. The Morgan fingerprint density at radius 3 is 0.803 bits per heavy atom. The number of carbonyl (C=O) groups excluding carboxylic acids is 3. The summed E-state index contributed by atoms with van der Waals surface area (Å²) in [6, 6.07) is 0. The smallest absolute Gasteiger partial charge is 0.306 e. The molecule has 1 atom stereocenters. The van der Waals surface area contributed by atoms with Gasteiger partial charge in [0, 0.05) is 19.3 Å². The third kappa shape index (κ3) is 62.2. The van der Waals surface area contributed by atoms with E-state index in [9.17, 15) is 14.4 Å². The topological polar surface area (TPSA) is 78.9 Å². The van der Waals surface area contributed by atoms with Crippen LogP contribution in [0, 0.1) is 0 Å². The SMILES string of the molecule is CC/C=C\C/C=C\C/C=C\C/C=C\CCCCCCCCCCC(=O)OC(COC(=O)CCCCCCCCCCCCCCCC)COC(=O)CCCCCCCCCCCCCCCCCCCCCCCCC. The molecular weight excluding hydrogens is 937 g/mol. The number of rotatable bonds is 62. The fourth-order valence-electron chi connectivity index (χ4n) is 10.1. The molecule has 0 saturated heterocycles. The van der Waals surface area contributed by atoms with Crippen molar-refractivity contribution in [2.75, 3.05) is 13.2 Å². The number of allylic oxidation sites excluding steroid dienone is 8. The molecule has 0 bridgehead atoms. The maximum Gasteiger partial charge on any atom is 0.306 e. The normalized spacial score (nSPS) is 12.3. The average Bonchev–Trinajstić information content (AvgIpc) is 3.42. The molecule has 0 aliphatic heterocycles. The molecule has 444 valence electrons. The number of hydrogen-bond acceptors (Lipinski definition) is 6. The first-order valence-corrected chi connectivity index (χ1v) is 33.6. The van der Waals surface area contributed by atoms with Crippen LogP contribution in [0.1, 0.15) is 361 Å². The first-order chi connectivity index (χ1) is 37.5. The van der Waals surface area contributed by atoms with E-state index in [0.29, 0.717) is 19.3 Å². The summed E-state index contributed by atoms with van der Waals surface area (Å²) in [5, 5.41) is 0. The minimum absolute atomic E-state index is 0.0711. The molecule has 0 aliphatic rings. The van der Waals surface area contributed by atoms with Gasteiger partial charge in [0.25, 0.3) is 0 Å². The molecule has 0 aliphatic carbocycles. The highest BCUT2D eigenvalue weighted by molar-refractivity contribution is 5.71. The average molecular weight is 1070 g/mol. The van der Waals surface area contributed by atoms with Gasteiger partial charge < -0.3 is 14.2 Å². The van der Waals surface area contributed by atoms with Crippen molar-refractivity contribution in [2.45, 2.75) is 367 Å². The van der Waals surface area contributed by atoms with Gasteiger partial charge in [0.05, 0.1) is 0 Å². The molecule has 0 spiro atoms. The quantitative estimate of drug-likeness (QED) is 0.0261. The maximum absolute atomic E-state index is 12.9. The van der Waals surface area contributed by atoms with Crippen molar-refractivity contribution in [3.8, 4) is 0 Å².